The van der Waals surface area contributed by atoms with E-state index in [0.717, 1.165) is 31.1 Å². The standard InChI is InChI=1S/C20H25N3O2/c1-4-15-8-6-7-9-18(15)25-17-13-23(14-17)19-11-10-16(12-21-19)20(24)22(3)5-2/h6-12,17H,4-5,13-14H2,1-3H3. The minimum atomic E-state index is 0.00235. The molecule has 0 bridgehead atoms. The maximum Gasteiger partial charge on any atom is 0.255 e. The number of pyridine rings is 1. The van der Waals surface area contributed by atoms with Gasteiger partial charge in [-0.15, -0.1) is 0 Å². The van der Waals surface area contributed by atoms with Crippen molar-refractivity contribution in [2.45, 2.75) is 26.4 Å². The zero-order chi connectivity index (χ0) is 17.8. The number of hydrogen-bond donors (Lipinski definition) is 0. The van der Waals surface area contributed by atoms with Crippen molar-refractivity contribution in [3.8, 4) is 5.75 Å². The Morgan fingerprint density at radius 3 is 2.64 bits per heavy atom. The second kappa shape index (κ2) is 7.55. The molecule has 0 atom stereocenters. The number of carbonyl (C=O) groups is 1. The van der Waals surface area contributed by atoms with E-state index in [-0.39, 0.29) is 12.0 Å². The van der Waals surface area contributed by atoms with Crippen LogP contribution in [-0.2, 0) is 6.42 Å². The van der Waals surface area contributed by atoms with Gasteiger partial charge < -0.3 is 14.5 Å². The van der Waals surface area contributed by atoms with Crippen molar-refractivity contribution in [1.29, 1.82) is 0 Å². The molecule has 0 radical (unpaired) electrons. The lowest BCUT2D eigenvalue weighted by Gasteiger charge is -2.40. The molecule has 25 heavy (non-hydrogen) atoms. The SMILES string of the molecule is CCc1ccccc1OC1CN(c2ccc(C(=O)N(C)CC)cn2)C1. The molecule has 132 valence electrons. The van der Waals surface area contributed by atoms with Crippen molar-refractivity contribution in [1.82, 2.24) is 9.88 Å². The van der Waals surface area contributed by atoms with Gasteiger partial charge in [-0.2, -0.15) is 0 Å². The van der Waals surface area contributed by atoms with Crippen LogP contribution in [-0.4, -0.2) is 48.6 Å². The fraction of sp³-hybridized carbons (Fsp3) is 0.400. The molecule has 0 saturated carbocycles. The second-order valence-corrected chi connectivity index (χ2v) is 6.33. The Morgan fingerprint density at radius 1 is 1.24 bits per heavy atom. The van der Waals surface area contributed by atoms with Crippen LogP contribution in [0.25, 0.3) is 0 Å². The van der Waals surface area contributed by atoms with Gasteiger partial charge in [0.25, 0.3) is 5.91 Å². The molecule has 1 aliphatic heterocycles. The quantitative estimate of drug-likeness (QED) is 0.812. The number of rotatable bonds is 6. The fourth-order valence-corrected chi connectivity index (χ4v) is 2.85. The number of nitrogens with zero attached hydrogens (tertiary/aromatic N) is 3. The lowest BCUT2D eigenvalue weighted by atomic mass is 10.1. The Bertz CT molecular complexity index is 724. The summed E-state index contributed by atoms with van der Waals surface area (Å²) in [5.41, 5.74) is 1.86. The number of aryl methyl sites for hydroxylation is 1. The molecule has 3 rings (SSSR count). The Kier molecular flexibility index (Phi) is 5.22. The molecule has 0 N–H and O–H groups in total. The fourth-order valence-electron chi connectivity index (χ4n) is 2.85. The number of ether oxygens (including phenoxy) is 1. The number of benzene rings is 1. The van der Waals surface area contributed by atoms with Gasteiger partial charge in [-0.1, -0.05) is 25.1 Å². The minimum absolute atomic E-state index is 0.00235. The maximum atomic E-state index is 12.1. The van der Waals surface area contributed by atoms with Crippen LogP contribution in [0, 0.1) is 0 Å². The van der Waals surface area contributed by atoms with E-state index < -0.39 is 0 Å². The zero-order valence-corrected chi connectivity index (χ0v) is 15.1. The van der Waals surface area contributed by atoms with E-state index in [1.807, 2.05) is 37.3 Å². The van der Waals surface area contributed by atoms with Crippen LogP contribution in [0.3, 0.4) is 0 Å². The third kappa shape index (κ3) is 3.76. The third-order valence-electron chi connectivity index (χ3n) is 4.64. The molecule has 1 fully saturated rings. The molecule has 0 unspecified atom stereocenters. The van der Waals surface area contributed by atoms with Crippen molar-refractivity contribution in [2.24, 2.45) is 0 Å². The predicted molar refractivity (Wildman–Crippen MR) is 99.3 cm³/mol. The summed E-state index contributed by atoms with van der Waals surface area (Å²) >= 11 is 0. The molecule has 1 aromatic carbocycles. The number of para-hydroxylation sites is 1. The first-order chi connectivity index (χ1) is 12.1. The average Bonchev–Trinajstić information content (AvgIpc) is 2.63. The molecule has 1 amide bonds. The summed E-state index contributed by atoms with van der Waals surface area (Å²) in [5.74, 6) is 1.87. The molecule has 5 heteroatoms. The number of aromatic nitrogens is 1. The molecule has 2 heterocycles. The Hall–Kier alpha value is -2.56. The van der Waals surface area contributed by atoms with Gasteiger partial charge in [0.2, 0.25) is 0 Å². The third-order valence-corrected chi connectivity index (χ3v) is 4.64. The van der Waals surface area contributed by atoms with E-state index in [0.29, 0.717) is 12.1 Å². The highest BCUT2D eigenvalue weighted by atomic mass is 16.5. The summed E-state index contributed by atoms with van der Waals surface area (Å²) in [7, 11) is 1.79. The van der Waals surface area contributed by atoms with Crippen LogP contribution >= 0.6 is 0 Å². The van der Waals surface area contributed by atoms with E-state index in [2.05, 4.69) is 22.9 Å². The molecule has 0 aliphatic carbocycles. The first-order valence-electron chi connectivity index (χ1n) is 8.83. The first kappa shape index (κ1) is 17.3. The highest BCUT2D eigenvalue weighted by molar-refractivity contribution is 5.93. The van der Waals surface area contributed by atoms with E-state index in [1.54, 1.807) is 18.1 Å². The van der Waals surface area contributed by atoms with E-state index in [4.69, 9.17) is 4.74 Å². The molecule has 5 nitrogen and oxygen atoms in total. The smallest absolute Gasteiger partial charge is 0.255 e. The predicted octanol–water partition coefficient (Wildman–Crippen LogP) is 3.00. The largest absolute Gasteiger partial charge is 0.486 e. The number of anilines is 1. The topological polar surface area (TPSA) is 45.7 Å². The first-order valence-corrected chi connectivity index (χ1v) is 8.83. The van der Waals surface area contributed by atoms with Crippen LogP contribution in [0.1, 0.15) is 29.8 Å². The number of hydrogen-bond acceptors (Lipinski definition) is 4. The average molecular weight is 339 g/mol. The van der Waals surface area contributed by atoms with E-state index in [1.165, 1.54) is 5.56 Å². The van der Waals surface area contributed by atoms with Crippen molar-refractivity contribution >= 4 is 11.7 Å². The van der Waals surface area contributed by atoms with Crippen LogP contribution in [0.2, 0.25) is 0 Å². The molecule has 1 aliphatic rings. The summed E-state index contributed by atoms with van der Waals surface area (Å²) in [6.45, 7) is 6.40. The van der Waals surface area contributed by atoms with E-state index >= 15 is 0 Å². The van der Waals surface area contributed by atoms with Gasteiger partial charge in [0.05, 0.1) is 18.7 Å². The summed E-state index contributed by atoms with van der Waals surface area (Å²) < 4.78 is 6.10. The Morgan fingerprint density at radius 2 is 2.00 bits per heavy atom. The van der Waals surface area contributed by atoms with Gasteiger partial charge in [-0.3, -0.25) is 4.79 Å². The molecule has 1 saturated heterocycles. The highest BCUT2D eigenvalue weighted by Gasteiger charge is 2.30. The van der Waals surface area contributed by atoms with Crippen LogP contribution in [0.5, 0.6) is 5.75 Å². The molecule has 0 spiro atoms. The summed E-state index contributed by atoms with van der Waals surface area (Å²) in [5, 5.41) is 0. The summed E-state index contributed by atoms with van der Waals surface area (Å²) in [6.07, 6.45) is 2.81. The monoisotopic (exact) mass is 339 g/mol. The molecule has 2 aromatic rings. The van der Waals surface area contributed by atoms with Gasteiger partial charge in [-0.25, -0.2) is 4.98 Å². The minimum Gasteiger partial charge on any atom is -0.486 e. The highest BCUT2D eigenvalue weighted by Crippen LogP contribution is 2.25. The van der Waals surface area contributed by atoms with Crippen molar-refractivity contribution in [3.63, 3.8) is 0 Å². The lowest BCUT2D eigenvalue weighted by Crippen LogP contribution is -2.54. The van der Waals surface area contributed by atoms with Gasteiger partial charge in [0.1, 0.15) is 17.7 Å². The van der Waals surface area contributed by atoms with Gasteiger partial charge in [0.15, 0.2) is 0 Å². The van der Waals surface area contributed by atoms with Crippen molar-refractivity contribution < 1.29 is 9.53 Å². The van der Waals surface area contributed by atoms with Crippen LogP contribution in [0.15, 0.2) is 42.6 Å². The Balaban J connectivity index is 1.57. The number of carbonyl (C=O) groups excluding carboxylic acids is 1. The normalized spacial score (nSPS) is 14.1. The summed E-state index contributed by atoms with van der Waals surface area (Å²) in [4.78, 5) is 20.4. The zero-order valence-electron chi connectivity index (χ0n) is 15.1. The van der Waals surface area contributed by atoms with Crippen molar-refractivity contribution in [2.75, 3.05) is 31.6 Å². The molecule has 1 aromatic heterocycles. The van der Waals surface area contributed by atoms with Crippen molar-refractivity contribution in [3.05, 3.63) is 53.7 Å². The molecular formula is C20H25N3O2. The Labute approximate surface area is 149 Å². The van der Waals surface area contributed by atoms with E-state index in [9.17, 15) is 4.79 Å². The van der Waals surface area contributed by atoms with Gasteiger partial charge >= 0.3 is 0 Å². The second-order valence-electron chi connectivity index (χ2n) is 6.33. The van der Waals surface area contributed by atoms with Crippen LogP contribution < -0.4 is 9.64 Å². The lowest BCUT2D eigenvalue weighted by molar-refractivity contribution is 0.0802. The molecular weight excluding hydrogens is 314 g/mol. The van der Waals surface area contributed by atoms with Gasteiger partial charge in [-0.05, 0) is 37.1 Å². The summed E-state index contributed by atoms with van der Waals surface area (Å²) in [6, 6.07) is 11.9. The van der Waals surface area contributed by atoms with Gasteiger partial charge in [0, 0.05) is 19.8 Å². The number of amides is 1. The maximum absolute atomic E-state index is 12.1. The van der Waals surface area contributed by atoms with Crippen LogP contribution in [0.4, 0.5) is 5.82 Å².